The number of hydrogen-bond donors (Lipinski definition) is 3. The summed E-state index contributed by atoms with van der Waals surface area (Å²) in [7, 11) is 0. The van der Waals surface area contributed by atoms with E-state index in [0.717, 1.165) is 6.07 Å². The number of nitriles is 1. The molecule has 1 aliphatic heterocycles. The van der Waals surface area contributed by atoms with Crippen LogP contribution in [0.2, 0.25) is 10.0 Å². The van der Waals surface area contributed by atoms with Gasteiger partial charge in [-0.25, -0.2) is 8.78 Å². The molecule has 216 valence electrons. The lowest BCUT2D eigenvalue weighted by Crippen LogP contribution is -2.45. The van der Waals surface area contributed by atoms with Gasteiger partial charge in [-0.2, -0.15) is 10.5 Å². The van der Waals surface area contributed by atoms with Crippen LogP contribution in [0.5, 0.6) is 0 Å². The van der Waals surface area contributed by atoms with Crippen LogP contribution in [0.4, 0.5) is 14.5 Å². The highest BCUT2D eigenvalue weighted by Gasteiger charge is 2.61. The van der Waals surface area contributed by atoms with Crippen molar-refractivity contribution in [1.82, 2.24) is 25.9 Å². The van der Waals surface area contributed by atoms with Gasteiger partial charge in [0.25, 0.3) is 0 Å². The SMILES string of the molecule is CC(C)(C)CC1N[C@@H](C(=O)Nc2ccc(-c3nn[nH]n3)cc2)C(c2cccc(Cl)c2F)[C@@]1(C#N)c1ccc(Cl)cc1F. The van der Waals surface area contributed by atoms with Gasteiger partial charge in [0, 0.05) is 33.8 Å². The van der Waals surface area contributed by atoms with Crippen LogP contribution in [0.15, 0.2) is 60.7 Å². The van der Waals surface area contributed by atoms with E-state index < -0.39 is 41.0 Å². The second-order valence-corrected chi connectivity index (χ2v) is 12.3. The minimum Gasteiger partial charge on any atom is -0.325 e. The highest BCUT2D eigenvalue weighted by Crippen LogP contribution is 2.52. The zero-order valence-electron chi connectivity index (χ0n) is 22.9. The Labute approximate surface area is 251 Å². The lowest BCUT2D eigenvalue weighted by molar-refractivity contribution is -0.118. The lowest BCUT2D eigenvalue weighted by atomic mass is 9.62. The lowest BCUT2D eigenvalue weighted by Gasteiger charge is -2.37. The van der Waals surface area contributed by atoms with Crippen LogP contribution >= 0.6 is 23.2 Å². The molecule has 1 amide bonds. The quantitative estimate of drug-likeness (QED) is 0.232. The van der Waals surface area contributed by atoms with Gasteiger partial charge in [-0.05, 0) is 65.1 Å². The number of nitrogens with zero attached hydrogens (tertiary/aromatic N) is 4. The van der Waals surface area contributed by atoms with E-state index >= 15 is 8.78 Å². The third-order valence-electron chi connectivity index (χ3n) is 7.49. The number of hydrogen-bond acceptors (Lipinski definition) is 6. The Kier molecular flexibility index (Phi) is 8.03. The van der Waals surface area contributed by atoms with E-state index in [2.05, 4.69) is 37.3 Å². The summed E-state index contributed by atoms with van der Waals surface area (Å²) in [4.78, 5) is 14.0. The van der Waals surface area contributed by atoms with Crippen LogP contribution in [0.1, 0.15) is 44.2 Å². The van der Waals surface area contributed by atoms with Crippen LogP contribution in [0.25, 0.3) is 11.4 Å². The molecule has 1 aliphatic rings. The Balaban J connectivity index is 1.64. The van der Waals surface area contributed by atoms with Crippen molar-refractivity contribution < 1.29 is 13.6 Å². The number of halogens is 4. The van der Waals surface area contributed by atoms with E-state index in [0.29, 0.717) is 23.5 Å². The number of rotatable bonds is 6. The summed E-state index contributed by atoms with van der Waals surface area (Å²) >= 11 is 12.3. The number of carbonyl (C=O) groups excluding carboxylic acids is 1. The molecule has 4 aromatic rings. The average Bonchev–Trinajstić information content (AvgIpc) is 3.57. The Morgan fingerprint density at radius 2 is 1.86 bits per heavy atom. The molecule has 1 aromatic heterocycles. The number of tetrazole rings is 1. The first-order valence-corrected chi connectivity index (χ1v) is 13.9. The molecule has 5 rings (SSSR count). The molecule has 4 atom stereocenters. The summed E-state index contributed by atoms with van der Waals surface area (Å²) in [6.07, 6.45) is 0.366. The maximum absolute atomic E-state index is 15.8. The molecule has 3 N–H and O–H groups in total. The van der Waals surface area contributed by atoms with Crippen molar-refractivity contribution in [2.45, 2.75) is 50.6 Å². The molecule has 0 bridgehead atoms. The fraction of sp³-hybridized carbons (Fsp3) is 0.300. The second-order valence-electron chi connectivity index (χ2n) is 11.5. The van der Waals surface area contributed by atoms with Gasteiger partial charge in [0.2, 0.25) is 11.7 Å². The molecule has 3 aromatic carbocycles. The van der Waals surface area contributed by atoms with Crippen LogP contribution in [0, 0.1) is 28.4 Å². The van der Waals surface area contributed by atoms with Crippen molar-refractivity contribution in [1.29, 1.82) is 5.26 Å². The molecule has 1 fully saturated rings. The smallest absolute Gasteiger partial charge is 0.242 e. The minimum absolute atomic E-state index is 0.0142. The van der Waals surface area contributed by atoms with Crippen molar-refractivity contribution >= 4 is 34.8 Å². The first-order chi connectivity index (χ1) is 19.9. The number of nitrogens with one attached hydrogen (secondary N) is 3. The summed E-state index contributed by atoms with van der Waals surface area (Å²) in [6.45, 7) is 5.92. The first-order valence-electron chi connectivity index (χ1n) is 13.2. The van der Waals surface area contributed by atoms with Crippen molar-refractivity contribution in [3.05, 3.63) is 93.5 Å². The normalized spacial score (nSPS) is 22.1. The molecule has 8 nitrogen and oxygen atoms in total. The predicted octanol–water partition coefficient (Wildman–Crippen LogP) is 6.41. The topological polar surface area (TPSA) is 119 Å². The van der Waals surface area contributed by atoms with E-state index in [1.807, 2.05) is 20.8 Å². The molecule has 0 radical (unpaired) electrons. The van der Waals surface area contributed by atoms with Crippen LogP contribution in [-0.4, -0.2) is 38.6 Å². The van der Waals surface area contributed by atoms with E-state index in [1.54, 1.807) is 30.3 Å². The number of aromatic nitrogens is 4. The molecule has 2 unspecified atom stereocenters. The van der Waals surface area contributed by atoms with Crippen molar-refractivity contribution in [3.63, 3.8) is 0 Å². The fourth-order valence-corrected chi connectivity index (χ4v) is 6.10. The number of H-pyrrole nitrogens is 1. The second kappa shape index (κ2) is 11.4. The molecule has 0 aliphatic carbocycles. The standard InChI is InChI=1S/C30H27Cl2F2N7O/c1-29(2,3)14-23-30(15-35,20-12-9-17(31)13-22(20)33)24(19-5-4-6-21(32)25(19)34)26(37-23)28(42)36-18-10-7-16(8-11-18)27-38-40-41-39-27/h4-13,23-24,26,37H,14H2,1-3H3,(H,36,42)(H,38,39,40,41)/t23?,24?,26-,30+/m1/s1. The van der Waals surface area contributed by atoms with Gasteiger partial charge in [0.15, 0.2) is 0 Å². The Morgan fingerprint density at radius 3 is 2.48 bits per heavy atom. The summed E-state index contributed by atoms with van der Waals surface area (Å²) in [6, 6.07) is 15.6. The molecular formula is C30H27Cl2F2N7O. The summed E-state index contributed by atoms with van der Waals surface area (Å²) < 4.78 is 31.5. The van der Waals surface area contributed by atoms with Gasteiger partial charge in [0.05, 0.1) is 17.1 Å². The van der Waals surface area contributed by atoms with E-state index in [9.17, 15) is 10.1 Å². The van der Waals surface area contributed by atoms with Crippen molar-refractivity contribution in [3.8, 4) is 17.5 Å². The molecule has 1 saturated heterocycles. The number of carbonyl (C=O) groups is 1. The Bertz CT molecular complexity index is 1650. The number of amides is 1. The monoisotopic (exact) mass is 609 g/mol. The Hall–Kier alpha value is -3.91. The average molecular weight is 610 g/mol. The third-order valence-corrected chi connectivity index (χ3v) is 8.01. The molecule has 2 heterocycles. The van der Waals surface area contributed by atoms with Gasteiger partial charge in [-0.15, -0.1) is 10.2 Å². The maximum Gasteiger partial charge on any atom is 0.242 e. The van der Waals surface area contributed by atoms with E-state index in [4.69, 9.17) is 23.2 Å². The van der Waals surface area contributed by atoms with Crippen LogP contribution in [0.3, 0.4) is 0 Å². The van der Waals surface area contributed by atoms with Gasteiger partial charge >= 0.3 is 0 Å². The number of aromatic amines is 1. The molecule has 0 saturated carbocycles. The van der Waals surface area contributed by atoms with E-state index in [-0.39, 0.29) is 26.6 Å². The van der Waals surface area contributed by atoms with Gasteiger partial charge in [0.1, 0.15) is 17.0 Å². The molecule has 42 heavy (non-hydrogen) atoms. The Morgan fingerprint density at radius 1 is 1.12 bits per heavy atom. The highest BCUT2D eigenvalue weighted by molar-refractivity contribution is 6.31. The zero-order valence-corrected chi connectivity index (χ0v) is 24.4. The summed E-state index contributed by atoms with van der Waals surface area (Å²) in [5.41, 5.74) is -0.908. The van der Waals surface area contributed by atoms with Crippen molar-refractivity contribution in [2.75, 3.05) is 5.32 Å². The molecule has 12 heteroatoms. The third kappa shape index (κ3) is 5.48. The molecule has 0 spiro atoms. The van der Waals surface area contributed by atoms with Gasteiger partial charge in [-0.1, -0.05) is 62.2 Å². The van der Waals surface area contributed by atoms with Crippen LogP contribution < -0.4 is 10.6 Å². The van der Waals surface area contributed by atoms with Gasteiger partial charge < -0.3 is 10.6 Å². The summed E-state index contributed by atoms with van der Waals surface area (Å²) in [5.74, 6) is -2.82. The predicted molar refractivity (Wildman–Crippen MR) is 156 cm³/mol. The van der Waals surface area contributed by atoms with Gasteiger partial charge in [-0.3, -0.25) is 4.79 Å². The van der Waals surface area contributed by atoms with Crippen LogP contribution in [-0.2, 0) is 10.2 Å². The molecular weight excluding hydrogens is 583 g/mol. The zero-order chi connectivity index (χ0) is 30.2. The maximum atomic E-state index is 15.8. The fourth-order valence-electron chi connectivity index (χ4n) is 5.76. The number of anilines is 1. The van der Waals surface area contributed by atoms with E-state index in [1.165, 1.54) is 24.3 Å². The highest BCUT2D eigenvalue weighted by atomic mass is 35.5. The summed E-state index contributed by atoms with van der Waals surface area (Å²) in [5, 5.41) is 30.9. The number of benzene rings is 3. The first kappa shape index (κ1) is 29.6. The van der Waals surface area contributed by atoms with Crippen molar-refractivity contribution in [2.24, 2.45) is 5.41 Å². The minimum atomic E-state index is -1.71. The largest absolute Gasteiger partial charge is 0.325 e.